The summed E-state index contributed by atoms with van der Waals surface area (Å²) in [4.78, 5) is 0. The number of allylic oxidation sites excluding steroid dienone is 1. The fourth-order valence-corrected chi connectivity index (χ4v) is 0.703. The third-order valence-corrected chi connectivity index (χ3v) is 1.32. The lowest BCUT2D eigenvalue weighted by Gasteiger charge is -2.01. The molecule has 0 spiro atoms. The summed E-state index contributed by atoms with van der Waals surface area (Å²) in [5.74, 6) is 0. The van der Waals surface area contributed by atoms with Crippen LogP contribution in [0.5, 0.6) is 0 Å². The molecule has 0 rings (SSSR count). The summed E-state index contributed by atoms with van der Waals surface area (Å²) >= 11 is 0. The van der Waals surface area contributed by atoms with Gasteiger partial charge in [0, 0.05) is 13.2 Å². The molecule has 0 atom stereocenters. The van der Waals surface area contributed by atoms with Crippen LogP contribution in [-0.2, 0) is 4.74 Å². The van der Waals surface area contributed by atoms with Gasteiger partial charge in [-0.05, 0) is 18.4 Å². The molecule has 0 aromatic carbocycles. The highest BCUT2D eigenvalue weighted by Gasteiger charge is 1.89. The van der Waals surface area contributed by atoms with Crippen LogP contribution < -0.4 is 0 Å². The summed E-state index contributed by atoms with van der Waals surface area (Å²) in [6, 6.07) is 0. The predicted molar refractivity (Wildman–Crippen MR) is 51.1 cm³/mol. The Bertz CT molecular complexity index is 139. The zero-order valence-corrected chi connectivity index (χ0v) is 7.75. The van der Waals surface area contributed by atoms with Gasteiger partial charge in [-0.15, -0.1) is 0 Å². The van der Waals surface area contributed by atoms with E-state index in [0.29, 0.717) is 19.6 Å². The molecule has 2 nitrogen and oxygen atoms in total. The third-order valence-electron chi connectivity index (χ3n) is 1.32. The summed E-state index contributed by atoms with van der Waals surface area (Å²) < 4.78 is 5.22. The maximum atomic E-state index is 8.46. The van der Waals surface area contributed by atoms with E-state index in [1.165, 1.54) is 0 Å². The Balaban J connectivity index is 3.25. The van der Waals surface area contributed by atoms with E-state index in [1.54, 1.807) is 0 Å². The van der Waals surface area contributed by atoms with Crippen molar-refractivity contribution in [3.8, 4) is 0 Å². The van der Waals surface area contributed by atoms with E-state index in [2.05, 4.69) is 19.6 Å². The zero-order valence-electron chi connectivity index (χ0n) is 7.75. The van der Waals surface area contributed by atoms with Gasteiger partial charge in [0.25, 0.3) is 0 Å². The first-order valence-electron chi connectivity index (χ1n) is 4.34. The average Bonchev–Trinajstić information content (AvgIpc) is 2.09. The second kappa shape index (κ2) is 8.50. The third kappa shape index (κ3) is 7.51. The minimum atomic E-state index is 0.192. The highest BCUT2D eigenvalue weighted by Crippen LogP contribution is 1.95. The van der Waals surface area contributed by atoms with Gasteiger partial charge in [0.05, 0.1) is 6.61 Å². The predicted octanol–water partition coefficient (Wildman–Crippen LogP) is 1.91. The van der Waals surface area contributed by atoms with Crippen molar-refractivity contribution in [2.45, 2.75) is 19.8 Å². The fourth-order valence-electron chi connectivity index (χ4n) is 0.703. The second-order valence-corrected chi connectivity index (χ2v) is 2.60. The lowest BCUT2D eigenvalue weighted by molar-refractivity contribution is 0.135. The molecule has 0 aromatic rings. The van der Waals surface area contributed by atoms with E-state index in [1.807, 2.05) is 6.08 Å². The van der Waals surface area contributed by atoms with Crippen LogP contribution in [-0.4, -0.2) is 24.9 Å². The first kappa shape index (κ1) is 11.4. The topological polar surface area (TPSA) is 29.5 Å². The minimum absolute atomic E-state index is 0.192. The Morgan fingerprint density at radius 2 is 2.33 bits per heavy atom. The van der Waals surface area contributed by atoms with E-state index < -0.39 is 0 Å². The fraction of sp³-hybridized carbons (Fsp3) is 0.600. The van der Waals surface area contributed by atoms with Crippen molar-refractivity contribution >= 4 is 0 Å². The van der Waals surface area contributed by atoms with E-state index >= 15 is 0 Å². The largest absolute Gasteiger partial charge is 0.396 e. The number of hydrogen-bond donors (Lipinski definition) is 1. The Morgan fingerprint density at radius 3 is 2.92 bits per heavy atom. The highest BCUT2D eigenvalue weighted by atomic mass is 16.5. The SMILES string of the molecule is C=C(/C=C\CC)COCCCO. The van der Waals surface area contributed by atoms with Crippen molar-refractivity contribution < 1.29 is 9.84 Å². The number of rotatable bonds is 7. The summed E-state index contributed by atoms with van der Waals surface area (Å²) in [6.45, 7) is 7.26. The van der Waals surface area contributed by atoms with Crippen LogP contribution in [0.2, 0.25) is 0 Å². The maximum Gasteiger partial charge on any atom is 0.0711 e. The molecule has 12 heavy (non-hydrogen) atoms. The van der Waals surface area contributed by atoms with Crippen LogP contribution in [0.4, 0.5) is 0 Å². The Hall–Kier alpha value is -0.600. The van der Waals surface area contributed by atoms with E-state index in [-0.39, 0.29) is 6.61 Å². The van der Waals surface area contributed by atoms with Crippen LogP contribution in [0.1, 0.15) is 19.8 Å². The quantitative estimate of drug-likeness (QED) is 0.467. The van der Waals surface area contributed by atoms with E-state index in [0.717, 1.165) is 12.0 Å². The number of ether oxygens (including phenoxy) is 1. The van der Waals surface area contributed by atoms with Crippen molar-refractivity contribution in [2.75, 3.05) is 19.8 Å². The van der Waals surface area contributed by atoms with Gasteiger partial charge in [0.15, 0.2) is 0 Å². The molecule has 0 aliphatic carbocycles. The number of aliphatic hydroxyl groups is 1. The second-order valence-electron chi connectivity index (χ2n) is 2.60. The summed E-state index contributed by atoms with van der Waals surface area (Å²) in [6.07, 6.45) is 5.75. The first-order chi connectivity index (χ1) is 5.81. The van der Waals surface area contributed by atoms with Crippen LogP contribution in [0, 0.1) is 0 Å². The molecule has 0 radical (unpaired) electrons. The Kier molecular flexibility index (Phi) is 8.07. The van der Waals surface area contributed by atoms with Gasteiger partial charge in [-0.3, -0.25) is 0 Å². The van der Waals surface area contributed by atoms with Crippen molar-refractivity contribution in [1.29, 1.82) is 0 Å². The summed E-state index contributed by atoms with van der Waals surface area (Å²) in [5.41, 5.74) is 0.981. The normalized spacial score (nSPS) is 10.8. The van der Waals surface area contributed by atoms with E-state index in [4.69, 9.17) is 9.84 Å². The molecule has 0 aromatic heterocycles. The van der Waals surface area contributed by atoms with Gasteiger partial charge in [-0.1, -0.05) is 25.7 Å². The molecule has 0 saturated heterocycles. The monoisotopic (exact) mass is 170 g/mol. The molecule has 0 bridgehead atoms. The van der Waals surface area contributed by atoms with Crippen LogP contribution in [0.25, 0.3) is 0 Å². The van der Waals surface area contributed by atoms with Crippen molar-refractivity contribution in [3.05, 3.63) is 24.3 Å². The molecule has 0 fully saturated rings. The van der Waals surface area contributed by atoms with Gasteiger partial charge < -0.3 is 9.84 Å². The molecule has 0 unspecified atom stereocenters. The van der Waals surface area contributed by atoms with Gasteiger partial charge in [0.2, 0.25) is 0 Å². The Morgan fingerprint density at radius 1 is 1.58 bits per heavy atom. The van der Waals surface area contributed by atoms with Crippen molar-refractivity contribution in [1.82, 2.24) is 0 Å². The van der Waals surface area contributed by atoms with E-state index in [9.17, 15) is 0 Å². The molecule has 2 heteroatoms. The molecule has 0 amide bonds. The van der Waals surface area contributed by atoms with Crippen molar-refractivity contribution in [2.24, 2.45) is 0 Å². The van der Waals surface area contributed by atoms with Gasteiger partial charge in [-0.2, -0.15) is 0 Å². The molecule has 0 aliphatic rings. The number of aliphatic hydroxyl groups excluding tert-OH is 1. The minimum Gasteiger partial charge on any atom is -0.396 e. The first-order valence-corrected chi connectivity index (χ1v) is 4.34. The van der Waals surface area contributed by atoms with Crippen LogP contribution in [0.15, 0.2) is 24.3 Å². The lowest BCUT2D eigenvalue weighted by Crippen LogP contribution is -1.99. The molecule has 70 valence electrons. The average molecular weight is 170 g/mol. The standard InChI is InChI=1S/C10H18O2/c1-3-4-6-10(2)9-12-8-5-7-11/h4,6,11H,2-3,5,7-9H2,1H3/b6-4-. The van der Waals surface area contributed by atoms with Gasteiger partial charge >= 0.3 is 0 Å². The van der Waals surface area contributed by atoms with Gasteiger partial charge in [0.1, 0.15) is 0 Å². The molecule has 0 saturated carbocycles. The van der Waals surface area contributed by atoms with Crippen LogP contribution in [0.3, 0.4) is 0 Å². The number of hydrogen-bond acceptors (Lipinski definition) is 2. The lowest BCUT2D eigenvalue weighted by atomic mass is 10.3. The van der Waals surface area contributed by atoms with Gasteiger partial charge in [-0.25, -0.2) is 0 Å². The molecule has 0 aliphatic heterocycles. The summed E-state index contributed by atoms with van der Waals surface area (Å²) in [7, 11) is 0. The summed E-state index contributed by atoms with van der Waals surface area (Å²) in [5, 5.41) is 8.46. The smallest absolute Gasteiger partial charge is 0.0711 e. The Labute approximate surface area is 74.6 Å². The molecule has 1 N–H and O–H groups in total. The van der Waals surface area contributed by atoms with Crippen LogP contribution >= 0.6 is 0 Å². The van der Waals surface area contributed by atoms with Crippen molar-refractivity contribution in [3.63, 3.8) is 0 Å². The zero-order chi connectivity index (χ0) is 9.23. The molecular weight excluding hydrogens is 152 g/mol. The maximum absolute atomic E-state index is 8.46. The molecule has 0 heterocycles. The molecular formula is C10H18O2. The highest BCUT2D eigenvalue weighted by molar-refractivity contribution is 5.14.